The van der Waals surface area contributed by atoms with Crippen LogP contribution < -0.4 is 5.32 Å². The first-order valence-corrected chi connectivity index (χ1v) is 14.3. The zero-order chi connectivity index (χ0) is 25.0. The van der Waals surface area contributed by atoms with Crippen LogP contribution in [0.25, 0.3) is 0 Å². The highest BCUT2D eigenvalue weighted by molar-refractivity contribution is 7.91. The fraction of sp³-hybridized carbons (Fsp3) is 0.333. The van der Waals surface area contributed by atoms with Crippen LogP contribution in [-0.2, 0) is 21.1 Å². The Balaban J connectivity index is 1.29. The van der Waals surface area contributed by atoms with E-state index in [4.69, 9.17) is 0 Å². The molecule has 0 saturated carbocycles. The molecule has 1 aliphatic heterocycles. The van der Waals surface area contributed by atoms with Gasteiger partial charge in [-0.15, -0.1) is 11.3 Å². The van der Waals surface area contributed by atoms with Gasteiger partial charge in [0.2, 0.25) is 5.91 Å². The van der Waals surface area contributed by atoms with Crippen molar-refractivity contribution in [3.05, 3.63) is 81.5 Å². The maximum absolute atomic E-state index is 12.7. The summed E-state index contributed by atoms with van der Waals surface area (Å²) in [6, 6.07) is 16.4. The Labute approximate surface area is 210 Å². The number of nitrogens with zero attached hydrogens (tertiary/aromatic N) is 1. The van der Waals surface area contributed by atoms with Crippen molar-refractivity contribution in [2.24, 2.45) is 0 Å². The Kier molecular flexibility index (Phi) is 7.72. The van der Waals surface area contributed by atoms with Gasteiger partial charge in [-0.05, 0) is 78.1 Å². The fourth-order valence-electron chi connectivity index (χ4n) is 4.36. The quantitative estimate of drug-likeness (QED) is 0.482. The van der Waals surface area contributed by atoms with Crippen molar-refractivity contribution in [1.29, 1.82) is 0 Å². The van der Waals surface area contributed by atoms with Crippen LogP contribution >= 0.6 is 11.3 Å². The fourth-order valence-corrected chi connectivity index (χ4v) is 6.14. The molecule has 2 heterocycles. The lowest BCUT2D eigenvalue weighted by molar-refractivity contribution is -0.115. The topological polar surface area (TPSA) is 83.6 Å². The SMILES string of the molecule is CCS(=O)(=O)c1ccc(CC(=O)Nc2ccc(C3CCN(C(=O)c4sccc4C)CC3)cc2)cc1. The second kappa shape index (κ2) is 10.7. The predicted octanol–water partition coefficient (Wildman–Crippen LogP) is 5.05. The van der Waals surface area contributed by atoms with Gasteiger partial charge in [0.1, 0.15) is 0 Å². The molecule has 0 bridgehead atoms. The van der Waals surface area contributed by atoms with Gasteiger partial charge in [0.25, 0.3) is 5.91 Å². The minimum absolute atomic E-state index is 0.0505. The highest BCUT2D eigenvalue weighted by Gasteiger charge is 2.26. The van der Waals surface area contributed by atoms with Crippen LogP contribution in [0.2, 0.25) is 0 Å². The first-order chi connectivity index (χ1) is 16.8. The van der Waals surface area contributed by atoms with Gasteiger partial charge in [-0.2, -0.15) is 0 Å². The summed E-state index contributed by atoms with van der Waals surface area (Å²) in [4.78, 5) is 28.3. The Morgan fingerprint density at radius 2 is 1.66 bits per heavy atom. The molecule has 4 rings (SSSR count). The first-order valence-electron chi connectivity index (χ1n) is 11.8. The number of carbonyl (C=O) groups excluding carboxylic acids is 2. The Morgan fingerprint density at radius 3 is 2.23 bits per heavy atom. The molecular formula is C27H30N2O4S2. The van der Waals surface area contributed by atoms with Gasteiger partial charge in [0.15, 0.2) is 9.84 Å². The molecule has 0 radical (unpaired) electrons. The number of likely N-dealkylation sites (tertiary alicyclic amines) is 1. The number of piperidine rings is 1. The van der Waals surface area contributed by atoms with Crippen LogP contribution in [0, 0.1) is 6.92 Å². The third-order valence-electron chi connectivity index (χ3n) is 6.53. The monoisotopic (exact) mass is 510 g/mol. The lowest BCUT2D eigenvalue weighted by atomic mass is 9.89. The van der Waals surface area contributed by atoms with Gasteiger partial charge >= 0.3 is 0 Å². The number of hydrogen-bond acceptors (Lipinski definition) is 5. The van der Waals surface area contributed by atoms with E-state index >= 15 is 0 Å². The number of amides is 2. The molecule has 2 amide bonds. The van der Waals surface area contributed by atoms with Crippen molar-refractivity contribution in [3.8, 4) is 0 Å². The van der Waals surface area contributed by atoms with Crippen molar-refractivity contribution in [2.75, 3.05) is 24.2 Å². The number of nitrogens with one attached hydrogen (secondary N) is 1. The third-order valence-corrected chi connectivity index (χ3v) is 9.29. The van der Waals surface area contributed by atoms with E-state index in [9.17, 15) is 18.0 Å². The van der Waals surface area contributed by atoms with Crippen LogP contribution in [0.4, 0.5) is 5.69 Å². The second-order valence-corrected chi connectivity index (χ2v) is 12.1. The summed E-state index contributed by atoms with van der Waals surface area (Å²) in [6.07, 6.45) is 2.02. The number of rotatable bonds is 7. The first kappa shape index (κ1) is 25.1. The molecule has 0 atom stereocenters. The van der Waals surface area contributed by atoms with E-state index in [1.165, 1.54) is 16.9 Å². The van der Waals surface area contributed by atoms with E-state index in [1.807, 2.05) is 47.5 Å². The standard InChI is InChI=1S/C27H30N2O4S2/c1-3-35(32,33)24-10-4-20(5-11-24)18-25(30)28-23-8-6-21(7-9-23)22-12-15-29(16-13-22)27(31)26-19(2)14-17-34-26/h4-11,14,17,22H,3,12-13,15-16,18H2,1-2H3,(H,28,30). The highest BCUT2D eigenvalue weighted by atomic mass is 32.2. The van der Waals surface area contributed by atoms with E-state index < -0.39 is 9.84 Å². The van der Waals surface area contributed by atoms with Crippen LogP contribution in [0.5, 0.6) is 0 Å². The van der Waals surface area contributed by atoms with Gasteiger partial charge in [-0.1, -0.05) is 31.2 Å². The van der Waals surface area contributed by atoms with E-state index in [0.717, 1.165) is 47.6 Å². The van der Waals surface area contributed by atoms with Crippen LogP contribution in [0.1, 0.15) is 52.0 Å². The lowest BCUT2D eigenvalue weighted by Gasteiger charge is -2.32. The number of carbonyl (C=O) groups is 2. The van der Waals surface area contributed by atoms with Crippen molar-refractivity contribution in [1.82, 2.24) is 4.90 Å². The molecule has 1 saturated heterocycles. The molecule has 2 aromatic carbocycles. The van der Waals surface area contributed by atoms with Gasteiger partial charge in [0.05, 0.1) is 21.9 Å². The number of hydrogen-bond donors (Lipinski definition) is 1. The number of benzene rings is 2. The molecule has 8 heteroatoms. The number of thiophene rings is 1. The number of aryl methyl sites for hydroxylation is 1. The van der Waals surface area contributed by atoms with Crippen LogP contribution in [0.15, 0.2) is 64.9 Å². The maximum atomic E-state index is 12.7. The summed E-state index contributed by atoms with van der Waals surface area (Å²) in [6.45, 7) is 5.08. The molecule has 1 aliphatic rings. The molecule has 1 fully saturated rings. The molecule has 0 aliphatic carbocycles. The lowest BCUT2D eigenvalue weighted by Crippen LogP contribution is -2.37. The van der Waals surface area contributed by atoms with Crippen LogP contribution in [-0.4, -0.2) is 44.0 Å². The molecule has 3 aromatic rings. The van der Waals surface area contributed by atoms with Gasteiger partial charge in [0, 0.05) is 18.8 Å². The van der Waals surface area contributed by atoms with Crippen LogP contribution in [0.3, 0.4) is 0 Å². The molecule has 1 aromatic heterocycles. The van der Waals surface area contributed by atoms with E-state index in [0.29, 0.717) is 5.92 Å². The van der Waals surface area contributed by atoms with Crippen molar-refractivity contribution in [3.63, 3.8) is 0 Å². The molecular weight excluding hydrogens is 480 g/mol. The average Bonchev–Trinajstić information content (AvgIpc) is 3.30. The number of anilines is 1. The molecule has 1 N–H and O–H groups in total. The van der Waals surface area contributed by atoms with Crippen molar-refractivity contribution >= 4 is 38.7 Å². The summed E-state index contributed by atoms with van der Waals surface area (Å²) in [7, 11) is -3.24. The van der Waals surface area contributed by atoms with E-state index in [1.54, 1.807) is 31.2 Å². The summed E-state index contributed by atoms with van der Waals surface area (Å²) in [5.41, 5.74) is 3.74. The van der Waals surface area contributed by atoms with Crippen molar-refractivity contribution in [2.45, 2.75) is 43.9 Å². The summed E-state index contributed by atoms with van der Waals surface area (Å²) in [5, 5.41) is 4.87. The molecule has 0 spiro atoms. The summed E-state index contributed by atoms with van der Waals surface area (Å²) < 4.78 is 23.9. The maximum Gasteiger partial charge on any atom is 0.264 e. The Bertz CT molecular complexity index is 1290. The average molecular weight is 511 g/mol. The van der Waals surface area contributed by atoms with Crippen molar-refractivity contribution < 1.29 is 18.0 Å². The molecule has 6 nitrogen and oxygen atoms in total. The Morgan fingerprint density at radius 1 is 1.00 bits per heavy atom. The Hall–Kier alpha value is -2.97. The van der Waals surface area contributed by atoms with E-state index in [-0.39, 0.29) is 28.9 Å². The largest absolute Gasteiger partial charge is 0.338 e. The third kappa shape index (κ3) is 6.00. The van der Waals surface area contributed by atoms with E-state index in [2.05, 4.69) is 5.32 Å². The molecule has 184 valence electrons. The predicted molar refractivity (Wildman–Crippen MR) is 140 cm³/mol. The highest BCUT2D eigenvalue weighted by Crippen LogP contribution is 2.30. The smallest absolute Gasteiger partial charge is 0.264 e. The van der Waals surface area contributed by atoms with Gasteiger partial charge < -0.3 is 10.2 Å². The minimum atomic E-state index is -3.24. The zero-order valence-electron chi connectivity index (χ0n) is 20.0. The second-order valence-electron chi connectivity index (χ2n) is 8.89. The van der Waals surface area contributed by atoms with Gasteiger partial charge in [-0.3, -0.25) is 9.59 Å². The van der Waals surface area contributed by atoms with Gasteiger partial charge in [-0.25, -0.2) is 8.42 Å². The summed E-state index contributed by atoms with van der Waals surface area (Å²) >= 11 is 1.51. The normalized spacial score (nSPS) is 14.6. The molecule has 35 heavy (non-hydrogen) atoms. The zero-order valence-corrected chi connectivity index (χ0v) is 21.6. The summed E-state index contributed by atoms with van der Waals surface area (Å²) in [5.74, 6) is 0.427. The molecule has 0 unspecified atom stereocenters. The minimum Gasteiger partial charge on any atom is -0.338 e. The number of sulfone groups is 1.